The molecule has 0 aromatic carbocycles. The van der Waals surface area contributed by atoms with Gasteiger partial charge < -0.3 is 5.73 Å². The smallest absolute Gasteiger partial charge is 0.108 e. The second kappa shape index (κ2) is 2.17. The van der Waals surface area contributed by atoms with Crippen LogP contribution >= 0.6 is 11.3 Å². The minimum atomic E-state index is 0.659. The van der Waals surface area contributed by atoms with Gasteiger partial charge >= 0.3 is 0 Å². The highest BCUT2D eigenvalue weighted by molar-refractivity contribution is 7.18. The van der Waals surface area contributed by atoms with E-state index < -0.39 is 0 Å². The fourth-order valence-corrected chi connectivity index (χ4v) is 1.81. The van der Waals surface area contributed by atoms with Crippen molar-refractivity contribution in [2.45, 2.75) is 6.92 Å². The molecule has 0 atom stereocenters. The molecule has 0 saturated heterocycles. The van der Waals surface area contributed by atoms with Crippen LogP contribution in [0.2, 0.25) is 0 Å². The standard InChI is InChI=1S/C7H7N3S/c1-4-10-7-5(8)2-9-3-6(7)11-4/h2-3H,8H2,1H3. The molecular weight excluding hydrogens is 158 g/mol. The molecule has 2 rings (SSSR count). The lowest BCUT2D eigenvalue weighted by Crippen LogP contribution is -1.86. The maximum absolute atomic E-state index is 5.65. The second-order valence-electron chi connectivity index (χ2n) is 2.31. The molecule has 0 aliphatic carbocycles. The highest BCUT2D eigenvalue weighted by Crippen LogP contribution is 2.23. The van der Waals surface area contributed by atoms with Crippen LogP contribution in [0.1, 0.15) is 5.01 Å². The summed E-state index contributed by atoms with van der Waals surface area (Å²) in [6.45, 7) is 1.96. The lowest BCUT2D eigenvalue weighted by molar-refractivity contribution is 1.32. The SMILES string of the molecule is Cc1nc2c(N)cncc2s1. The molecule has 2 aromatic rings. The summed E-state index contributed by atoms with van der Waals surface area (Å²) >= 11 is 1.61. The normalized spacial score (nSPS) is 10.6. The Balaban J connectivity index is 2.90. The number of hydrogen-bond acceptors (Lipinski definition) is 4. The van der Waals surface area contributed by atoms with Crippen molar-refractivity contribution in [3.8, 4) is 0 Å². The highest BCUT2D eigenvalue weighted by Gasteiger charge is 2.02. The Labute approximate surface area is 67.9 Å². The summed E-state index contributed by atoms with van der Waals surface area (Å²) in [4.78, 5) is 8.24. The van der Waals surface area contributed by atoms with E-state index in [2.05, 4.69) is 9.97 Å². The molecule has 0 saturated carbocycles. The number of rotatable bonds is 0. The van der Waals surface area contributed by atoms with Crippen molar-refractivity contribution in [3.63, 3.8) is 0 Å². The number of nitrogen functional groups attached to an aromatic ring is 1. The number of nitrogens with two attached hydrogens (primary N) is 1. The molecule has 0 amide bonds. The van der Waals surface area contributed by atoms with Crippen LogP contribution < -0.4 is 5.73 Å². The number of aromatic nitrogens is 2. The highest BCUT2D eigenvalue weighted by atomic mass is 32.1. The Kier molecular flexibility index (Phi) is 1.29. The lowest BCUT2D eigenvalue weighted by atomic mass is 10.4. The van der Waals surface area contributed by atoms with E-state index in [4.69, 9.17) is 5.73 Å². The van der Waals surface area contributed by atoms with Gasteiger partial charge in [0.1, 0.15) is 5.52 Å². The van der Waals surface area contributed by atoms with E-state index in [0.29, 0.717) is 5.69 Å². The molecule has 2 N–H and O–H groups in total. The number of anilines is 1. The molecule has 0 aliphatic heterocycles. The van der Waals surface area contributed by atoms with Crippen molar-refractivity contribution in [3.05, 3.63) is 17.4 Å². The molecule has 4 heteroatoms. The summed E-state index contributed by atoms with van der Waals surface area (Å²) < 4.78 is 1.06. The van der Waals surface area contributed by atoms with Crippen LogP contribution in [0, 0.1) is 6.92 Å². The van der Waals surface area contributed by atoms with E-state index in [1.54, 1.807) is 23.7 Å². The molecule has 0 radical (unpaired) electrons. The molecule has 2 heterocycles. The summed E-state index contributed by atoms with van der Waals surface area (Å²) in [6.07, 6.45) is 3.41. The van der Waals surface area contributed by atoms with Gasteiger partial charge in [0.25, 0.3) is 0 Å². The molecule has 0 aliphatic rings. The monoisotopic (exact) mass is 165 g/mol. The quantitative estimate of drug-likeness (QED) is 0.644. The number of aryl methyl sites for hydroxylation is 1. The molecule has 0 bridgehead atoms. The van der Waals surface area contributed by atoms with Gasteiger partial charge in [-0.2, -0.15) is 0 Å². The topological polar surface area (TPSA) is 51.8 Å². The summed E-state index contributed by atoms with van der Waals surface area (Å²) in [5.41, 5.74) is 7.19. The maximum atomic E-state index is 5.65. The zero-order valence-electron chi connectivity index (χ0n) is 6.03. The van der Waals surface area contributed by atoms with Gasteiger partial charge in [-0.25, -0.2) is 4.98 Å². The maximum Gasteiger partial charge on any atom is 0.108 e. The third-order valence-electron chi connectivity index (χ3n) is 1.44. The van der Waals surface area contributed by atoms with Gasteiger partial charge in [0.2, 0.25) is 0 Å². The van der Waals surface area contributed by atoms with Crippen LogP contribution in [0.25, 0.3) is 10.2 Å². The zero-order chi connectivity index (χ0) is 7.84. The summed E-state index contributed by atoms with van der Waals surface area (Å²) in [6, 6.07) is 0. The molecule has 0 unspecified atom stereocenters. The predicted molar refractivity (Wildman–Crippen MR) is 46.6 cm³/mol. The molecule has 0 spiro atoms. The fourth-order valence-electron chi connectivity index (χ4n) is 0.984. The minimum absolute atomic E-state index is 0.659. The van der Waals surface area contributed by atoms with Gasteiger partial charge in [0.05, 0.1) is 21.6 Å². The molecule has 0 fully saturated rings. The largest absolute Gasteiger partial charge is 0.396 e. The van der Waals surface area contributed by atoms with Gasteiger partial charge in [-0.3, -0.25) is 4.98 Å². The van der Waals surface area contributed by atoms with Crippen LogP contribution in [-0.4, -0.2) is 9.97 Å². The molecule has 2 aromatic heterocycles. The number of thiazole rings is 1. The van der Waals surface area contributed by atoms with Gasteiger partial charge in [-0.1, -0.05) is 0 Å². The average molecular weight is 165 g/mol. The predicted octanol–water partition coefficient (Wildman–Crippen LogP) is 1.58. The van der Waals surface area contributed by atoms with Crippen molar-refractivity contribution in [2.75, 3.05) is 5.73 Å². The molecule has 56 valence electrons. The van der Waals surface area contributed by atoms with E-state index in [9.17, 15) is 0 Å². The van der Waals surface area contributed by atoms with Crippen LogP contribution in [-0.2, 0) is 0 Å². The molecule has 11 heavy (non-hydrogen) atoms. The van der Waals surface area contributed by atoms with Crippen molar-refractivity contribution < 1.29 is 0 Å². The third-order valence-corrected chi connectivity index (χ3v) is 2.34. The first kappa shape index (κ1) is 6.54. The van der Waals surface area contributed by atoms with Crippen LogP contribution in [0.4, 0.5) is 5.69 Å². The van der Waals surface area contributed by atoms with Crippen molar-refractivity contribution >= 4 is 27.2 Å². The van der Waals surface area contributed by atoms with Gasteiger partial charge in [-0.15, -0.1) is 11.3 Å². The Morgan fingerprint density at radius 3 is 3.00 bits per heavy atom. The first-order valence-corrected chi connectivity index (χ1v) is 4.05. The third kappa shape index (κ3) is 0.952. The number of fused-ring (bicyclic) bond motifs is 1. The lowest BCUT2D eigenvalue weighted by Gasteiger charge is -1.89. The molecular formula is C7H7N3S. The van der Waals surface area contributed by atoms with E-state index in [-0.39, 0.29) is 0 Å². The summed E-state index contributed by atoms with van der Waals surface area (Å²) in [5, 5.41) is 1.03. The number of hydrogen-bond donors (Lipinski definition) is 1. The van der Waals surface area contributed by atoms with E-state index in [1.807, 2.05) is 6.92 Å². The van der Waals surface area contributed by atoms with E-state index in [1.165, 1.54) is 0 Å². The minimum Gasteiger partial charge on any atom is -0.396 e. The zero-order valence-corrected chi connectivity index (χ0v) is 6.85. The van der Waals surface area contributed by atoms with Crippen molar-refractivity contribution in [2.24, 2.45) is 0 Å². The number of nitrogens with zero attached hydrogens (tertiary/aromatic N) is 2. The Morgan fingerprint density at radius 1 is 1.45 bits per heavy atom. The van der Waals surface area contributed by atoms with Crippen LogP contribution in [0.15, 0.2) is 12.4 Å². The average Bonchev–Trinajstić information content (AvgIpc) is 2.31. The van der Waals surface area contributed by atoms with E-state index in [0.717, 1.165) is 15.2 Å². The summed E-state index contributed by atoms with van der Waals surface area (Å²) in [5.74, 6) is 0. The van der Waals surface area contributed by atoms with Crippen LogP contribution in [0.3, 0.4) is 0 Å². The van der Waals surface area contributed by atoms with Crippen molar-refractivity contribution in [1.82, 2.24) is 9.97 Å². The Morgan fingerprint density at radius 2 is 2.27 bits per heavy atom. The van der Waals surface area contributed by atoms with Gasteiger partial charge in [0, 0.05) is 6.20 Å². The Hall–Kier alpha value is -1.16. The Bertz CT molecular complexity index is 393. The van der Waals surface area contributed by atoms with Crippen LogP contribution in [0.5, 0.6) is 0 Å². The second-order valence-corrected chi connectivity index (χ2v) is 3.54. The fraction of sp³-hybridized carbons (Fsp3) is 0.143. The number of pyridine rings is 1. The first-order valence-electron chi connectivity index (χ1n) is 3.24. The van der Waals surface area contributed by atoms with Gasteiger partial charge in [0.15, 0.2) is 0 Å². The van der Waals surface area contributed by atoms with Gasteiger partial charge in [-0.05, 0) is 6.92 Å². The summed E-state index contributed by atoms with van der Waals surface area (Å²) in [7, 11) is 0. The van der Waals surface area contributed by atoms with Crippen molar-refractivity contribution in [1.29, 1.82) is 0 Å². The molecule has 3 nitrogen and oxygen atoms in total. The first-order chi connectivity index (χ1) is 5.27. The van der Waals surface area contributed by atoms with E-state index >= 15 is 0 Å².